The monoisotopic (exact) mass is 348 g/mol. The van der Waals surface area contributed by atoms with Gasteiger partial charge in [-0.15, -0.1) is 0 Å². The number of rotatable bonds is 7. The standard InChI is InChI=1S/C20H28O5/c1-11(2)7-8-20(10-14-19(5,6)25-14)17(23)15(16(22)18(20)24)13(21)9-12(3)4/h7,12,14-15H,8-10H2,1-6H3. The van der Waals surface area contributed by atoms with Gasteiger partial charge in [0, 0.05) is 6.42 Å². The van der Waals surface area contributed by atoms with Gasteiger partial charge in [0.05, 0.1) is 11.7 Å². The molecular weight excluding hydrogens is 320 g/mol. The Kier molecular flexibility index (Phi) is 5.20. The number of hydrogen-bond acceptors (Lipinski definition) is 5. The number of epoxide rings is 1. The van der Waals surface area contributed by atoms with Crippen LogP contribution in [0.4, 0.5) is 0 Å². The number of carbonyl (C=O) groups is 4. The van der Waals surface area contributed by atoms with Gasteiger partial charge in [0.2, 0.25) is 11.6 Å². The molecule has 2 fully saturated rings. The fourth-order valence-electron chi connectivity index (χ4n) is 3.47. The van der Waals surface area contributed by atoms with E-state index in [2.05, 4.69) is 0 Å². The first-order valence-electron chi connectivity index (χ1n) is 8.89. The molecule has 0 spiro atoms. The molecule has 5 heteroatoms. The van der Waals surface area contributed by atoms with Gasteiger partial charge in [-0.3, -0.25) is 19.2 Å². The third-order valence-electron chi connectivity index (χ3n) is 5.14. The molecule has 1 aliphatic carbocycles. The molecule has 0 aromatic heterocycles. The summed E-state index contributed by atoms with van der Waals surface area (Å²) in [5.41, 5.74) is -0.897. The van der Waals surface area contributed by atoms with Gasteiger partial charge in [-0.05, 0) is 46.5 Å². The lowest BCUT2D eigenvalue weighted by Gasteiger charge is -2.24. The Morgan fingerprint density at radius 2 is 1.76 bits per heavy atom. The van der Waals surface area contributed by atoms with Crippen molar-refractivity contribution in [1.29, 1.82) is 0 Å². The average molecular weight is 348 g/mol. The summed E-state index contributed by atoms with van der Waals surface area (Å²) < 4.78 is 5.57. The smallest absolute Gasteiger partial charge is 0.217 e. The predicted molar refractivity (Wildman–Crippen MR) is 93.0 cm³/mol. The Balaban J connectivity index is 2.38. The van der Waals surface area contributed by atoms with E-state index in [9.17, 15) is 19.2 Å². The molecule has 1 aliphatic heterocycles. The molecule has 3 atom stereocenters. The first-order chi connectivity index (χ1) is 11.4. The second-order valence-electron chi connectivity index (χ2n) is 8.54. The van der Waals surface area contributed by atoms with Crippen molar-refractivity contribution >= 4 is 23.1 Å². The fraction of sp³-hybridized carbons (Fsp3) is 0.700. The van der Waals surface area contributed by atoms with E-state index in [1.165, 1.54) is 0 Å². The Labute approximate surface area is 149 Å². The molecule has 2 aliphatic rings. The highest BCUT2D eigenvalue weighted by Gasteiger charge is 2.65. The van der Waals surface area contributed by atoms with Crippen LogP contribution >= 0.6 is 0 Å². The Morgan fingerprint density at radius 3 is 2.20 bits per heavy atom. The van der Waals surface area contributed by atoms with Gasteiger partial charge in [-0.1, -0.05) is 25.5 Å². The Morgan fingerprint density at radius 1 is 1.20 bits per heavy atom. The molecule has 1 saturated heterocycles. The van der Waals surface area contributed by atoms with Crippen LogP contribution in [-0.2, 0) is 23.9 Å². The zero-order valence-corrected chi connectivity index (χ0v) is 16.0. The van der Waals surface area contributed by atoms with Crippen molar-refractivity contribution in [2.45, 2.75) is 72.5 Å². The van der Waals surface area contributed by atoms with Crippen LogP contribution in [0.1, 0.15) is 60.8 Å². The molecular formula is C20H28O5. The minimum absolute atomic E-state index is 0.0293. The molecule has 0 bridgehead atoms. The summed E-state index contributed by atoms with van der Waals surface area (Å²) in [6.07, 6.45) is 1.99. The molecule has 5 nitrogen and oxygen atoms in total. The van der Waals surface area contributed by atoms with Gasteiger partial charge in [-0.2, -0.15) is 0 Å². The van der Waals surface area contributed by atoms with Crippen molar-refractivity contribution in [1.82, 2.24) is 0 Å². The van der Waals surface area contributed by atoms with E-state index in [-0.39, 0.29) is 31.3 Å². The van der Waals surface area contributed by atoms with Crippen molar-refractivity contribution in [2.75, 3.05) is 0 Å². The van der Waals surface area contributed by atoms with E-state index in [1.54, 1.807) is 6.08 Å². The van der Waals surface area contributed by atoms with E-state index in [0.29, 0.717) is 0 Å². The molecule has 1 heterocycles. The SMILES string of the molecule is CC(C)=CCC1(CC2OC2(C)C)C(=O)C(=O)C(C(=O)CC(C)C)C1=O. The third kappa shape index (κ3) is 3.66. The van der Waals surface area contributed by atoms with E-state index < -0.39 is 40.1 Å². The van der Waals surface area contributed by atoms with Gasteiger partial charge in [0.25, 0.3) is 0 Å². The number of allylic oxidation sites excluding steroid dienone is 2. The number of ketones is 4. The van der Waals surface area contributed by atoms with E-state index in [0.717, 1.165) is 5.57 Å². The predicted octanol–water partition coefficient (Wildman–Crippen LogP) is 2.85. The topological polar surface area (TPSA) is 80.8 Å². The van der Waals surface area contributed by atoms with Gasteiger partial charge in [0.15, 0.2) is 11.6 Å². The average Bonchev–Trinajstić information content (AvgIpc) is 3.02. The highest BCUT2D eigenvalue weighted by atomic mass is 16.6. The summed E-state index contributed by atoms with van der Waals surface area (Å²) in [5, 5.41) is 0. The molecule has 2 rings (SSSR count). The van der Waals surface area contributed by atoms with Crippen molar-refractivity contribution in [2.24, 2.45) is 17.3 Å². The number of ether oxygens (including phenoxy) is 1. The first kappa shape index (κ1) is 19.7. The van der Waals surface area contributed by atoms with Crippen LogP contribution in [-0.4, -0.2) is 34.8 Å². The first-order valence-corrected chi connectivity index (χ1v) is 8.89. The highest BCUT2D eigenvalue weighted by molar-refractivity contribution is 6.57. The summed E-state index contributed by atoms with van der Waals surface area (Å²) in [6, 6.07) is 0. The maximum atomic E-state index is 13.1. The molecule has 0 amide bonds. The molecule has 1 saturated carbocycles. The largest absolute Gasteiger partial charge is 0.367 e. The lowest BCUT2D eigenvalue weighted by Crippen LogP contribution is -2.37. The summed E-state index contributed by atoms with van der Waals surface area (Å²) in [6.45, 7) is 11.2. The maximum absolute atomic E-state index is 13.1. The van der Waals surface area contributed by atoms with Crippen LogP contribution in [0.15, 0.2) is 11.6 Å². The van der Waals surface area contributed by atoms with Crippen molar-refractivity contribution in [3.63, 3.8) is 0 Å². The molecule has 0 aromatic carbocycles. The molecule has 0 aromatic rings. The van der Waals surface area contributed by atoms with E-state index in [1.807, 2.05) is 41.5 Å². The minimum Gasteiger partial charge on any atom is -0.367 e. The van der Waals surface area contributed by atoms with Crippen LogP contribution < -0.4 is 0 Å². The normalized spacial score (nSPS) is 30.8. The van der Waals surface area contributed by atoms with Crippen LogP contribution in [0.3, 0.4) is 0 Å². The van der Waals surface area contributed by atoms with Crippen LogP contribution in [0.2, 0.25) is 0 Å². The van der Waals surface area contributed by atoms with Crippen LogP contribution in [0.25, 0.3) is 0 Å². The van der Waals surface area contributed by atoms with Crippen molar-refractivity contribution < 1.29 is 23.9 Å². The van der Waals surface area contributed by atoms with E-state index >= 15 is 0 Å². The lowest BCUT2D eigenvalue weighted by molar-refractivity contribution is -0.141. The summed E-state index contributed by atoms with van der Waals surface area (Å²) in [5.74, 6) is -3.92. The zero-order chi connectivity index (χ0) is 19.2. The molecule has 0 radical (unpaired) electrons. The molecule has 0 N–H and O–H groups in total. The molecule has 138 valence electrons. The molecule has 25 heavy (non-hydrogen) atoms. The van der Waals surface area contributed by atoms with Gasteiger partial charge >= 0.3 is 0 Å². The second-order valence-corrected chi connectivity index (χ2v) is 8.54. The van der Waals surface area contributed by atoms with Crippen LogP contribution in [0, 0.1) is 17.3 Å². The summed E-state index contributed by atoms with van der Waals surface area (Å²) >= 11 is 0. The van der Waals surface area contributed by atoms with Crippen molar-refractivity contribution in [3.05, 3.63) is 11.6 Å². The van der Waals surface area contributed by atoms with Gasteiger partial charge in [-0.25, -0.2) is 0 Å². The van der Waals surface area contributed by atoms with E-state index in [4.69, 9.17) is 4.74 Å². The Hall–Kier alpha value is -1.62. The number of hydrogen-bond donors (Lipinski definition) is 0. The Bertz CT molecular complexity index is 651. The summed E-state index contributed by atoms with van der Waals surface area (Å²) in [4.78, 5) is 50.9. The fourth-order valence-corrected chi connectivity index (χ4v) is 3.47. The third-order valence-corrected chi connectivity index (χ3v) is 5.14. The number of Topliss-reactive ketones (excluding diaryl/α,β-unsaturated/α-hetero) is 4. The second kappa shape index (κ2) is 6.60. The summed E-state index contributed by atoms with van der Waals surface area (Å²) in [7, 11) is 0. The van der Waals surface area contributed by atoms with Crippen LogP contribution in [0.5, 0.6) is 0 Å². The van der Waals surface area contributed by atoms with Gasteiger partial charge < -0.3 is 4.74 Å². The lowest BCUT2D eigenvalue weighted by atomic mass is 9.74. The maximum Gasteiger partial charge on any atom is 0.217 e. The zero-order valence-electron chi connectivity index (χ0n) is 16.0. The molecule has 3 unspecified atom stereocenters. The van der Waals surface area contributed by atoms with Gasteiger partial charge in [0.1, 0.15) is 11.3 Å². The minimum atomic E-state index is -1.45. The number of carbonyl (C=O) groups excluding carboxylic acids is 4. The van der Waals surface area contributed by atoms with Crippen molar-refractivity contribution in [3.8, 4) is 0 Å². The highest BCUT2D eigenvalue weighted by Crippen LogP contribution is 2.49. The quantitative estimate of drug-likeness (QED) is 0.306.